The van der Waals surface area contributed by atoms with E-state index in [9.17, 15) is 9.59 Å². The Morgan fingerprint density at radius 2 is 1.89 bits per heavy atom. The lowest BCUT2D eigenvalue weighted by Gasteiger charge is -2.39. The lowest BCUT2D eigenvalue weighted by atomic mass is 9.77. The van der Waals surface area contributed by atoms with Crippen LogP contribution < -0.4 is 10.6 Å². The molecule has 1 heterocycles. The largest absolute Gasteiger partial charge is 0.480 e. The molecule has 0 bridgehead atoms. The van der Waals surface area contributed by atoms with Gasteiger partial charge in [0.05, 0.1) is 0 Å². The van der Waals surface area contributed by atoms with Crippen LogP contribution in [-0.2, 0) is 4.79 Å². The Hall–Kier alpha value is -1.30. The molecule has 2 aliphatic rings. The third kappa shape index (κ3) is 2.75. The van der Waals surface area contributed by atoms with Crippen LogP contribution in [0.5, 0.6) is 0 Å². The number of nitrogens with one attached hydrogen (secondary N) is 2. The number of carboxylic acids is 1. The highest BCUT2D eigenvalue weighted by Crippen LogP contribution is 2.31. The smallest absolute Gasteiger partial charge is 0.329 e. The summed E-state index contributed by atoms with van der Waals surface area (Å²) < 4.78 is 0. The Morgan fingerprint density at radius 1 is 1.28 bits per heavy atom. The molecule has 102 valence electrons. The molecule has 0 spiro atoms. The minimum absolute atomic E-state index is 0.159. The molecule has 1 aliphatic carbocycles. The molecule has 1 saturated heterocycles. The molecule has 1 aliphatic heterocycles. The van der Waals surface area contributed by atoms with Gasteiger partial charge in [-0.2, -0.15) is 0 Å². The van der Waals surface area contributed by atoms with Gasteiger partial charge in [-0.05, 0) is 52.2 Å². The average molecular weight is 255 g/mol. The van der Waals surface area contributed by atoms with Crippen LogP contribution in [0.25, 0.3) is 0 Å². The molecular weight excluding hydrogens is 234 g/mol. The quantitative estimate of drug-likeness (QED) is 0.681. The van der Waals surface area contributed by atoms with Gasteiger partial charge in [0, 0.05) is 6.04 Å². The molecule has 6 nitrogen and oxygen atoms in total. The van der Waals surface area contributed by atoms with Crippen molar-refractivity contribution in [3.8, 4) is 0 Å². The fourth-order valence-corrected chi connectivity index (χ4v) is 2.51. The van der Waals surface area contributed by atoms with E-state index < -0.39 is 11.5 Å². The summed E-state index contributed by atoms with van der Waals surface area (Å²) in [6.07, 6.45) is 3.76. The van der Waals surface area contributed by atoms with Crippen molar-refractivity contribution in [3.63, 3.8) is 0 Å². The Morgan fingerprint density at radius 3 is 2.33 bits per heavy atom. The van der Waals surface area contributed by atoms with Crippen LogP contribution in [0.1, 0.15) is 32.1 Å². The van der Waals surface area contributed by atoms with E-state index >= 15 is 0 Å². The Labute approximate surface area is 107 Å². The standard InChI is InChI=1S/C12H21N3O3/c1-15-7-3-9(4-8-15)13-11(18)14-12(10(16)17)5-2-6-12/h9H,2-8H2,1H3,(H,16,17)(H2,13,14,18). The molecule has 0 aromatic heterocycles. The zero-order valence-electron chi connectivity index (χ0n) is 10.7. The second kappa shape index (κ2) is 5.14. The maximum absolute atomic E-state index is 11.8. The monoisotopic (exact) mass is 255 g/mol. The highest BCUT2D eigenvalue weighted by Gasteiger charge is 2.45. The van der Waals surface area contributed by atoms with Crippen LogP contribution in [0.3, 0.4) is 0 Å². The van der Waals surface area contributed by atoms with Gasteiger partial charge in [0.1, 0.15) is 5.54 Å². The van der Waals surface area contributed by atoms with Gasteiger partial charge < -0.3 is 20.6 Å². The van der Waals surface area contributed by atoms with E-state index in [4.69, 9.17) is 5.11 Å². The van der Waals surface area contributed by atoms with Gasteiger partial charge in [0.2, 0.25) is 0 Å². The van der Waals surface area contributed by atoms with Crippen LogP contribution in [0.15, 0.2) is 0 Å². The molecule has 0 aromatic carbocycles. The summed E-state index contributed by atoms with van der Waals surface area (Å²) in [5.41, 5.74) is -1.02. The van der Waals surface area contributed by atoms with Gasteiger partial charge in [-0.3, -0.25) is 0 Å². The van der Waals surface area contributed by atoms with E-state index in [2.05, 4.69) is 22.6 Å². The third-order valence-corrected chi connectivity index (χ3v) is 4.02. The summed E-state index contributed by atoms with van der Waals surface area (Å²) in [4.78, 5) is 25.2. The van der Waals surface area contributed by atoms with Crippen molar-refractivity contribution in [3.05, 3.63) is 0 Å². The predicted octanol–water partition coefficient (Wildman–Crippen LogP) is 0.387. The summed E-state index contributed by atoms with van der Waals surface area (Å²) in [7, 11) is 2.06. The highest BCUT2D eigenvalue weighted by molar-refractivity contribution is 5.87. The van der Waals surface area contributed by atoms with Crippen molar-refractivity contribution in [1.29, 1.82) is 0 Å². The molecule has 2 amide bonds. The molecule has 2 fully saturated rings. The van der Waals surface area contributed by atoms with Gasteiger partial charge in [-0.15, -0.1) is 0 Å². The van der Waals surface area contributed by atoms with Crippen LogP contribution in [0.4, 0.5) is 4.79 Å². The number of likely N-dealkylation sites (tertiary alicyclic amines) is 1. The van der Waals surface area contributed by atoms with Gasteiger partial charge in [0.15, 0.2) is 0 Å². The van der Waals surface area contributed by atoms with Crippen LogP contribution in [-0.4, -0.2) is 53.7 Å². The second-order valence-electron chi connectivity index (χ2n) is 5.42. The van der Waals surface area contributed by atoms with E-state index in [0.29, 0.717) is 12.8 Å². The maximum Gasteiger partial charge on any atom is 0.329 e. The van der Waals surface area contributed by atoms with Gasteiger partial charge in [-0.25, -0.2) is 9.59 Å². The van der Waals surface area contributed by atoms with E-state index in [1.165, 1.54) is 0 Å². The third-order valence-electron chi connectivity index (χ3n) is 4.02. The number of carbonyl (C=O) groups is 2. The van der Waals surface area contributed by atoms with Crippen molar-refractivity contribution < 1.29 is 14.7 Å². The van der Waals surface area contributed by atoms with Gasteiger partial charge in [-0.1, -0.05) is 0 Å². The van der Waals surface area contributed by atoms with E-state index in [1.807, 2.05) is 0 Å². The zero-order valence-corrected chi connectivity index (χ0v) is 10.7. The fourth-order valence-electron chi connectivity index (χ4n) is 2.51. The minimum Gasteiger partial charge on any atom is -0.480 e. The number of amides is 2. The highest BCUT2D eigenvalue weighted by atomic mass is 16.4. The normalized spacial score (nSPS) is 24.1. The molecule has 2 rings (SSSR count). The second-order valence-corrected chi connectivity index (χ2v) is 5.42. The number of rotatable bonds is 3. The topological polar surface area (TPSA) is 81.7 Å². The average Bonchev–Trinajstić information content (AvgIpc) is 2.26. The van der Waals surface area contributed by atoms with Gasteiger partial charge in [0.25, 0.3) is 0 Å². The number of urea groups is 1. The number of carboxylic acid groups (broad SMARTS) is 1. The molecule has 6 heteroatoms. The summed E-state index contributed by atoms with van der Waals surface area (Å²) in [6, 6.07) is -0.182. The van der Waals surface area contributed by atoms with Crippen molar-refractivity contribution in [1.82, 2.24) is 15.5 Å². The number of nitrogens with zero attached hydrogens (tertiary/aromatic N) is 1. The summed E-state index contributed by atoms with van der Waals surface area (Å²) in [6.45, 7) is 1.93. The first kappa shape index (κ1) is 13.1. The SMILES string of the molecule is CN1CCC(NC(=O)NC2(C(=O)O)CCC2)CC1. The Bertz CT molecular complexity index is 333. The zero-order chi connectivity index (χ0) is 13.2. The summed E-state index contributed by atoms with van der Waals surface area (Å²) in [5, 5.41) is 14.6. The molecule has 3 N–H and O–H groups in total. The first-order chi connectivity index (χ1) is 8.52. The van der Waals surface area contributed by atoms with Crippen LogP contribution in [0.2, 0.25) is 0 Å². The lowest BCUT2D eigenvalue weighted by Crippen LogP contribution is -2.62. The van der Waals surface area contributed by atoms with E-state index in [0.717, 1.165) is 32.4 Å². The van der Waals surface area contributed by atoms with Crippen LogP contribution >= 0.6 is 0 Å². The predicted molar refractivity (Wildman–Crippen MR) is 66.4 cm³/mol. The number of hydrogen-bond donors (Lipinski definition) is 3. The van der Waals surface area contributed by atoms with Gasteiger partial charge >= 0.3 is 12.0 Å². The minimum atomic E-state index is -1.02. The number of piperidine rings is 1. The fraction of sp³-hybridized carbons (Fsp3) is 0.833. The van der Waals surface area contributed by atoms with Crippen molar-refractivity contribution in [2.45, 2.75) is 43.7 Å². The van der Waals surface area contributed by atoms with E-state index in [-0.39, 0.29) is 12.1 Å². The first-order valence-electron chi connectivity index (χ1n) is 6.52. The number of carbonyl (C=O) groups excluding carboxylic acids is 1. The molecule has 0 unspecified atom stereocenters. The maximum atomic E-state index is 11.8. The molecule has 0 atom stereocenters. The van der Waals surface area contributed by atoms with Crippen molar-refractivity contribution in [2.24, 2.45) is 0 Å². The Balaban J connectivity index is 1.80. The summed E-state index contributed by atoms with van der Waals surface area (Å²) in [5.74, 6) is -0.924. The number of hydrogen-bond acceptors (Lipinski definition) is 3. The lowest BCUT2D eigenvalue weighted by molar-refractivity contribution is -0.148. The molecule has 1 saturated carbocycles. The Kier molecular flexibility index (Phi) is 3.75. The van der Waals surface area contributed by atoms with Crippen molar-refractivity contribution >= 4 is 12.0 Å². The molecule has 0 radical (unpaired) electrons. The van der Waals surface area contributed by atoms with E-state index in [1.54, 1.807) is 0 Å². The number of aliphatic carboxylic acids is 1. The molecule has 18 heavy (non-hydrogen) atoms. The molecular formula is C12H21N3O3. The summed E-state index contributed by atoms with van der Waals surface area (Å²) >= 11 is 0. The first-order valence-corrected chi connectivity index (χ1v) is 6.52. The molecule has 0 aromatic rings. The van der Waals surface area contributed by atoms with Crippen LogP contribution in [0, 0.1) is 0 Å². The van der Waals surface area contributed by atoms with Crippen molar-refractivity contribution in [2.75, 3.05) is 20.1 Å².